The second-order valence-corrected chi connectivity index (χ2v) is 23.0. The summed E-state index contributed by atoms with van der Waals surface area (Å²) in [4.78, 5) is 51.5. The summed E-state index contributed by atoms with van der Waals surface area (Å²) in [5, 5.41) is 31.7. The van der Waals surface area contributed by atoms with Gasteiger partial charge in [0.2, 0.25) is 0 Å². The maximum absolute atomic E-state index is 13.3. The van der Waals surface area contributed by atoms with Crippen molar-refractivity contribution in [2.24, 2.45) is 0 Å². The molecule has 0 saturated carbocycles. The van der Waals surface area contributed by atoms with Crippen molar-refractivity contribution < 1.29 is 58.2 Å². The minimum atomic E-state index is -1.92. The number of carboxylic acids is 1. The zero-order valence-electron chi connectivity index (χ0n) is 54.7. The highest BCUT2D eigenvalue weighted by atomic mass is 16.7. The van der Waals surface area contributed by atoms with E-state index in [0.717, 1.165) is 167 Å². The number of hydrogen-bond donors (Lipinski definition) is 3. The van der Waals surface area contributed by atoms with E-state index in [2.05, 4.69) is 142 Å². The number of esters is 3. The predicted molar refractivity (Wildman–Crippen MR) is 358 cm³/mol. The second kappa shape index (κ2) is 61.4. The molecule has 87 heavy (non-hydrogen) atoms. The van der Waals surface area contributed by atoms with E-state index >= 15 is 0 Å². The number of ether oxygens (including phenoxy) is 5. The summed E-state index contributed by atoms with van der Waals surface area (Å²) >= 11 is 0. The Kier molecular flexibility index (Phi) is 56.5. The predicted octanol–water partition coefficient (Wildman–Crippen LogP) is 19.1. The Balaban J connectivity index is 2.67. The first-order valence-electron chi connectivity index (χ1n) is 34.5. The summed E-state index contributed by atoms with van der Waals surface area (Å²) in [6, 6.07) is 0. The Morgan fingerprint density at radius 1 is 0.391 bits per heavy atom. The lowest BCUT2D eigenvalue weighted by molar-refractivity contribution is -0.301. The molecule has 6 unspecified atom stereocenters. The maximum Gasteiger partial charge on any atom is 0.335 e. The summed E-state index contributed by atoms with van der Waals surface area (Å²) in [6.45, 7) is 5.75. The Morgan fingerprint density at radius 3 is 1.10 bits per heavy atom. The van der Waals surface area contributed by atoms with Gasteiger partial charge in [0.1, 0.15) is 18.8 Å². The number of carbonyl (C=O) groups is 4. The van der Waals surface area contributed by atoms with Crippen LogP contribution in [0.3, 0.4) is 0 Å². The van der Waals surface area contributed by atoms with Gasteiger partial charge in [0.05, 0.1) is 6.61 Å². The van der Waals surface area contributed by atoms with Crippen molar-refractivity contribution in [2.45, 2.75) is 314 Å². The van der Waals surface area contributed by atoms with Crippen LogP contribution < -0.4 is 0 Å². The molecule has 3 N–H and O–H groups in total. The van der Waals surface area contributed by atoms with Crippen LogP contribution in [0.5, 0.6) is 0 Å². The summed E-state index contributed by atoms with van der Waals surface area (Å²) in [5.74, 6) is -3.16. The fourth-order valence-electron chi connectivity index (χ4n) is 9.79. The van der Waals surface area contributed by atoms with Crippen molar-refractivity contribution in [3.8, 4) is 0 Å². The molecule has 0 aromatic rings. The van der Waals surface area contributed by atoms with Crippen molar-refractivity contribution >= 4 is 23.9 Å². The Hall–Kier alpha value is -4.88. The molecule has 1 aliphatic heterocycles. The third-order valence-electron chi connectivity index (χ3n) is 15.0. The monoisotopic (exact) mass is 1210 g/mol. The van der Waals surface area contributed by atoms with Crippen LogP contribution >= 0.6 is 0 Å². The fourth-order valence-corrected chi connectivity index (χ4v) is 9.79. The normalized spacial score (nSPS) is 18.1. The minimum absolute atomic E-state index is 0.0369. The van der Waals surface area contributed by atoms with Crippen molar-refractivity contribution in [2.75, 3.05) is 13.2 Å². The number of hydrogen-bond acceptors (Lipinski definition) is 11. The number of carboxylic acid groups (broad SMARTS) is 1. The molecule has 0 bridgehead atoms. The molecule has 1 heterocycles. The number of unbranched alkanes of at least 4 members (excludes halogenated alkanes) is 24. The number of aliphatic hydroxyl groups is 2. The van der Waals surface area contributed by atoms with Gasteiger partial charge in [-0.1, -0.05) is 251 Å². The first kappa shape index (κ1) is 80.1. The van der Waals surface area contributed by atoms with Crippen LogP contribution in [0.4, 0.5) is 0 Å². The lowest BCUT2D eigenvalue weighted by Gasteiger charge is -2.40. The van der Waals surface area contributed by atoms with Crippen LogP contribution in [-0.2, 0) is 42.9 Å². The van der Waals surface area contributed by atoms with E-state index in [9.17, 15) is 34.5 Å². The molecule has 0 aromatic carbocycles. The van der Waals surface area contributed by atoms with E-state index in [1.807, 2.05) is 0 Å². The molecule has 0 radical (unpaired) electrons. The summed E-state index contributed by atoms with van der Waals surface area (Å²) in [6.07, 6.45) is 72.8. The molecule has 1 saturated heterocycles. The van der Waals surface area contributed by atoms with Gasteiger partial charge in [0.15, 0.2) is 24.6 Å². The number of aliphatic carboxylic acids is 1. The fraction of sp³-hybridized carbons (Fsp3) is 0.680. The van der Waals surface area contributed by atoms with Gasteiger partial charge in [-0.05, 0) is 128 Å². The van der Waals surface area contributed by atoms with Crippen molar-refractivity contribution in [1.29, 1.82) is 0 Å². The molecular weight excluding hydrogens is 1090 g/mol. The summed E-state index contributed by atoms with van der Waals surface area (Å²) < 4.78 is 28.6. The molecule has 494 valence electrons. The summed E-state index contributed by atoms with van der Waals surface area (Å²) in [5.41, 5.74) is 0. The van der Waals surface area contributed by atoms with Crippen LogP contribution in [0.15, 0.2) is 122 Å². The topological polar surface area (TPSA) is 175 Å². The molecule has 1 rings (SSSR count). The zero-order chi connectivity index (χ0) is 63.1. The van der Waals surface area contributed by atoms with Gasteiger partial charge in [-0.2, -0.15) is 0 Å². The molecule has 0 aliphatic carbocycles. The molecule has 12 heteroatoms. The first-order chi connectivity index (χ1) is 42.6. The van der Waals surface area contributed by atoms with E-state index < -0.39 is 67.3 Å². The van der Waals surface area contributed by atoms with Gasteiger partial charge >= 0.3 is 23.9 Å². The van der Waals surface area contributed by atoms with Crippen LogP contribution in [0.2, 0.25) is 0 Å². The van der Waals surface area contributed by atoms with E-state index in [-0.39, 0.29) is 25.9 Å². The second-order valence-electron chi connectivity index (χ2n) is 23.0. The third kappa shape index (κ3) is 50.7. The van der Waals surface area contributed by atoms with E-state index in [1.165, 1.54) is 51.4 Å². The lowest BCUT2D eigenvalue weighted by Crippen LogP contribution is -2.61. The highest BCUT2D eigenvalue weighted by Gasteiger charge is 2.50. The van der Waals surface area contributed by atoms with Gasteiger partial charge in [0.25, 0.3) is 0 Å². The average Bonchev–Trinajstić information content (AvgIpc) is 2.56. The van der Waals surface area contributed by atoms with E-state index in [1.54, 1.807) is 0 Å². The number of allylic oxidation sites excluding steroid dienone is 20. The van der Waals surface area contributed by atoms with Gasteiger partial charge < -0.3 is 39.0 Å². The quantitative estimate of drug-likeness (QED) is 0.0228. The SMILES string of the molecule is CC/C=C\C/C=C\C/C=C\C/C=C\CCCCCCCCC(=O)OCC(COC1OC(C(=O)O)C(O)C(O)C1OC(=O)CCCCCCCC/C=C\C/C=C\C/C=C\C/C=C\CC)OC(=O)CCCCCCCCCCC/C=C\C/C=C\CCCCC. The van der Waals surface area contributed by atoms with E-state index in [0.29, 0.717) is 19.3 Å². The van der Waals surface area contributed by atoms with Crippen molar-refractivity contribution in [1.82, 2.24) is 0 Å². The Bertz CT molecular complexity index is 1970. The molecule has 0 amide bonds. The molecule has 1 aliphatic rings. The number of aliphatic hydroxyl groups excluding tert-OH is 2. The summed E-state index contributed by atoms with van der Waals surface area (Å²) in [7, 11) is 0. The Labute approximate surface area is 528 Å². The van der Waals surface area contributed by atoms with Crippen LogP contribution in [0, 0.1) is 0 Å². The Morgan fingerprint density at radius 2 is 0.724 bits per heavy atom. The molecule has 0 spiro atoms. The van der Waals surface area contributed by atoms with Crippen LogP contribution in [-0.4, -0.2) is 89.2 Å². The standard InChI is InChI=1S/C75H122O12/c1-4-7-10-13-16-19-22-25-28-31-34-37-40-43-46-49-52-55-58-61-67(76)83-64-66(85-68(77)62-59-56-53-50-47-44-41-38-35-32-29-26-23-20-17-14-11-8-5-2)65-84-75-73(71(80)70(79)72(87-75)74(81)82)86-69(78)63-60-57-54-51-48-45-42-39-36-33-30-27-24-21-18-15-12-9-6-3/h7,9-10,12,16-21,25-30,34,36-37,39,66,70-73,75,79-80H,4-6,8,11,13-15,22-24,31-33,35,38,40-65H2,1-3H3,(H,81,82)/b10-7-,12-9-,19-16-,20-17-,21-18-,28-25-,29-26-,30-27-,37-34-,39-36-. The number of carbonyl (C=O) groups excluding carboxylic acids is 3. The van der Waals surface area contributed by atoms with E-state index in [4.69, 9.17) is 23.7 Å². The lowest BCUT2D eigenvalue weighted by atomic mass is 9.98. The molecule has 6 atom stereocenters. The highest BCUT2D eigenvalue weighted by Crippen LogP contribution is 2.27. The van der Waals surface area contributed by atoms with Crippen molar-refractivity contribution in [3.63, 3.8) is 0 Å². The molecule has 12 nitrogen and oxygen atoms in total. The highest BCUT2D eigenvalue weighted by molar-refractivity contribution is 5.74. The minimum Gasteiger partial charge on any atom is -0.479 e. The van der Waals surface area contributed by atoms with Gasteiger partial charge in [-0.15, -0.1) is 0 Å². The van der Waals surface area contributed by atoms with Crippen LogP contribution in [0.1, 0.15) is 278 Å². The van der Waals surface area contributed by atoms with Crippen LogP contribution in [0.25, 0.3) is 0 Å². The van der Waals surface area contributed by atoms with Gasteiger partial charge in [0, 0.05) is 19.3 Å². The largest absolute Gasteiger partial charge is 0.479 e. The number of rotatable bonds is 58. The third-order valence-corrected chi connectivity index (χ3v) is 15.0. The smallest absolute Gasteiger partial charge is 0.335 e. The molecular formula is C75H122O12. The first-order valence-corrected chi connectivity index (χ1v) is 34.5. The average molecular weight is 1220 g/mol. The molecule has 0 aromatic heterocycles. The van der Waals surface area contributed by atoms with Gasteiger partial charge in [-0.25, -0.2) is 4.79 Å². The molecule has 1 fully saturated rings. The van der Waals surface area contributed by atoms with Gasteiger partial charge in [-0.3, -0.25) is 14.4 Å². The zero-order valence-corrected chi connectivity index (χ0v) is 54.7. The van der Waals surface area contributed by atoms with Crippen molar-refractivity contribution in [3.05, 3.63) is 122 Å². The maximum atomic E-state index is 13.3.